The maximum Gasteiger partial charge on any atom is 0.300 e. The van der Waals surface area contributed by atoms with Crippen molar-refractivity contribution in [3.8, 4) is 0 Å². The maximum absolute atomic E-state index is 12.0. The second-order valence-corrected chi connectivity index (χ2v) is 6.17. The molecule has 0 amide bonds. The Morgan fingerprint density at radius 1 is 1.12 bits per heavy atom. The van der Waals surface area contributed by atoms with Gasteiger partial charge in [0.15, 0.2) is 5.78 Å². The molecule has 0 heterocycles. The molecule has 0 aromatic heterocycles. The van der Waals surface area contributed by atoms with Crippen LogP contribution in [0.4, 0.5) is 0 Å². The van der Waals surface area contributed by atoms with E-state index in [1.165, 1.54) is 5.56 Å². The first-order valence-corrected chi connectivity index (χ1v) is 9.01. The summed E-state index contributed by atoms with van der Waals surface area (Å²) in [5.41, 5.74) is 6.73. The molecule has 1 aromatic rings. The number of carbonyl (C=O) groups excluding carboxylic acids is 1. The molecule has 5 nitrogen and oxygen atoms in total. The summed E-state index contributed by atoms with van der Waals surface area (Å²) in [6, 6.07) is 10.3. The summed E-state index contributed by atoms with van der Waals surface area (Å²) >= 11 is 0. The summed E-state index contributed by atoms with van der Waals surface area (Å²) in [4.78, 5) is 21.0. The van der Waals surface area contributed by atoms with E-state index in [9.17, 15) is 4.79 Å². The Morgan fingerprint density at radius 2 is 1.72 bits per heavy atom. The van der Waals surface area contributed by atoms with Crippen molar-refractivity contribution in [1.29, 1.82) is 0 Å². The van der Waals surface area contributed by atoms with Gasteiger partial charge in [-0.15, -0.1) is 0 Å². The van der Waals surface area contributed by atoms with Gasteiger partial charge in [-0.2, -0.15) is 0 Å². The van der Waals surface area contributed by atoms with Crippen molar-refractivity contribution in [3.63, 3.8) is 0 Å². The second-order valence-electron chi connectivity index (χ2n) is 6.17. The Morgan fingerprint density at radius 3 is 2.32 bits per heavy atom. The zero-order valence-electron chi connectivity index (χ0n) is 15.6. The smallest absolute Gasteiger partial charge is 0.300 e. The molecule has 0 saturated heterocycles. The highest BCUT2D eigenvalue weighted by molar-refractivity contribution is 5.81. The maximum atomic E-state index is 12.0. The first kappa shape index (κ1) is 23.3. The van der Waals surface area contributed by atoms with Crippen LogP contribution >= 0.6 is 0 Å². The van der Waals surface area contributed by atoms with Crippen LogP contribution in [0.2, 0.25) is 0 Å². The number of carboxylic acids is 1. The van der Waals surface area contributed by atoms with Gasteiger partial charge in [-0.25, -0.2) is 0 Å². The van der Waals surface area contributed by atoms with E-state index in [1.807, 2.05) is 25.1 Å². The number of aryl methyl sites for hydroxylation is 1. The number of unbranched alkanes of at least 4 members (excludes halogenated alkanes) is 3. The first-order valence-electron chi connectivity index (χ1n) is 9.01. The highest BCUT2D eigenvalue weighted by Crippen LogP contribution is 2.10. The van der Waals surface area contributed by atoms with Crippen LogP contribution in [0.5, 0.6) is 0 Å². The molecule has 0 aliphatic heterocycles. The van der Waals surface area contributed by atoms with Crippen molar-refractivity contribution in [1.82, 2.24) is 0 Å². The third-order valence-corrected chi connectivity index (χ3v) is 3.75. The van der Waals surface area contributed by atoms with Gasteiger partial charge in [0.1, 0.15) is 6.61 Å². The van der Waals surface area contributed by atoms with Gasteiger partial charge in [0.25, 0.3) is 5.97 Å². The van der Waals surface area contributed by atoms with E-state index >= 15 is 0 Å². The number of Topliss-reactive ketones (excluding diaryl/α,β-unsaturated/α-hetero) is 1. The lowest BCUT2D eigenvalue weighted by atomic mass is 9.98. The number of carbonyl (C=O) groups is 2. The average molecular weight is 351 g/mol. The fourth-order valence-electron chi connectivity index (χ4n) is 2.21. The molecule has 0 fully saturated rings. The topological polar surface area (TPSA) is 89.6 Å². The van der Waals surface area contributed by atoms with Crippen molar-refractivity contribution >= 4 is 11.8 Å². The number of carboxylic acid groups (broad SMARTS) is 1. The highest BCUT2D eigenvalue weighted by Gasteiger charge is 2.12. The molecular formula is C20H33NO4. The summed E-state index contributed by atoms with van der Waals surface area (Å²) in [6.07, 6.45) is 6.23. The quantitative estimate of drug-likeness (QED) is 0.563. The molecule has 3 N–H and O–H groups in total. The van der Waals surface area contributed by atoms with Gasteiger partial charge in [0.2, 0.25) is 0 Å². The van der Waals surface area contributed by atoms with Crippen LogP contribution in [-0.4, -0.2) is 36.6 Å². The third-order valence-electron chi connectivity index (χ3n) is 3.75. The number of rotatable bonds is 12. The predicted octanol–water partition coefficient (Wildman–Crippen LogP) is 3.45. The summed E-state index contributed by atoms with van der Waals surface area (Å²) < 4.78 is 5.47. The molecule has 5 heteroatoms. The van der Waals surface area contributed by atoms with Crippen molar-refractivity contribution in [2.24, 2.45) is 11.7 Å². The fourth-order valence-corrected chi connectivity index (χ4v) is 2.21. The number of ketones is 1. The van der Waals surface area contributed by atoms with Gasteiger partial charge >= 0.3 is 0 Å². The zero-order chi connectivity index (χ0) is 18.9. The Kier molecular flexibility index (Phi) is 14.7. The average Bonchev–Trinajstić information content (AvgIpc) is 2.59. The minimum Gasteiger partial charge on any atom is -0.481 e. The predicted molar refractivity (Wildman–Crippen MR) is 101 cm³/mol. The summed E-state index contributed by atoms with van der Waals surface area (Å²) in [7, 11) is 0. The van der Waals surface area contributed by atoms with E-state index in [1.54, 1.807) is 0 Å². The van der Waals surface area contributed by atoms with Crippen molar-refractivity contribution in [3.05, 3.63) is 35.9 Å². The van der Waals surface area contributed by atoms with Crippen molar-refractivity contribution < 1.29 is 19.4 Å². The normalized spacial score (nSPS) is 11.3. The SMILES string of the molecule is CC(=O)O.C[C@H](CCc1ccccc1)C(=O)COCCCCCCN. The Balaban J connectivity index is 0.00000129. The standard InChI is InChI=1S/C18H29NO2.C2H4O2/c1-16(11-12-17-9-5-4-6-10-17)18(20)15-21-14-8-3-2-7-13-19;1-2(3)4/h4-6,9-10,16H,2-3,7-8,11-15,19H2,1H3;1H3,(H,3,4)/t16-;/m1./s1. The minimum atomic E-state index is -0.833. The van der Waals surface area contributed by atoms with Crippen LogP contribution in [0.3, 0.4) is 0 Å². The first-order chi connectivity index (χ1) is 12.0. The lowest BCUT2D eigenvalue weighted by Gasteiger charge is -2.11. The molecule has 25 heavy (non-hydrogen) atoms. The number of benzene rings is 1. The van der Waals surface area contributed by atoms with E-state index in [-0.39, 0.29) is 18.3 Å². The van der Waals surface area contributed by atoms with Gasteiger partial charge < -0.3 is 15.6 Å². The summed E-state index contributed by atoms with van der Waals surface area (Å²) in [5.74, 6) is -0.546. The lowest BCUT2D eigenvalue weighted by molar-refractivity contribution is -0.134. The Labute approximate surface area is 151 Å². The van der Waals surface area contributed by atoms with Gasteiger partial charge in [0, 0.05) is 19.4 Å². The highest BCUT2D eigenvalue weighted by atomic mass is 16.5. The zero-order valence-corrected chi connectivity index (χ0v) is 15.6. The Bertz CT molecular complexity index is 458. The molecule has 0 radical (unpaired) electrons. The second kappa shape index (κ2) is 15.8. The Hall–Kier alpha value is -1.72. The number of hydrogen-bond acceptors (Lipinski definition) is 4. The van der Waals surface area contributed by atoms with Gasteiger partial charge in [0.05, 0.1) is 0 Å². The molecule has 0 saturated carbocycles. The van der Waals surface area contributed by atoms with Crippen LogP contribution in [-0.2, 0) is 20.7 Å². The molecule has 0 aliphatic carbocycles. The molecule has 142 valence electrons. The van der Waals surface area contributed by atoms with Crippen LogP contribution in [0, 0.1) is 5.92 Å². The minimum absolute atomic E-state index is 0.0717. The summed E-state index contributed by atoms with van der Waals surface area (Å²) in [5, 5.41) is 7.42. The molecular weight excluding hydrogens is 318 g/mol. The van der Waals surface area contributed by atoms with Crippen molar-refractivity contribution in [2.75, 3.05) is 19.8 Å². The van der Waals surface area contributed by atoms with Gasteiger partial charge in [-0.05, 0) is 37.8 Å². The molecule has 0 unspecified atom stereocenters. The molecule has 0 aliphatic rings. The number of nitrogens with two attached hydrogens (primary N) is 1. The van der Waals surface area contributed by atoms with E-state index in [0.29, 0.717) is 6.61 Å². The van der Waals surface area contributed by atoms with E-state index in [2.05, 4.69) is 12.1 Å². The largest absolute Gasteiger partial charge is 0.481 e. The monoisotopic (exact) mass is 351 g/mol. The van der Waals surface area contributed by atoms with E-state index in [4.69, 9.17) is 20.4 Å². The fraction of sp³-hybridized carbons (Fsp3) is 0.600. The molecule has 1 aromatic carbocycles. The van der Waals surface area contributed by atoms with E-state index < -0.39 is 5.97 Å². The van der Waals surface area contributed by atoms with Crippen LogP contribution < -0.4 is 5.73 Å². The molecule has 0 bridgehead atoms. The van der Waals surface area contributed by atoms with Crippen molar-refractivity contribution in [2.45, 2.75) is 52.4 Å². The van der Waals surface area contributed by atoms with Gasteiger partial charge in [-0.3, -0.25) is 9.59 Å². The number of aliphatic carboxylic acids is 1. The van der Waals surface area contributed by atoms with Crippen LogP contribution in [0.25, 0.3) is 0 Å². The summed E-state index contributed by atoms with van der Waals surface area (Å²) in [6.45, 7) is 4.78. The van der Waals surface area contributed by atoms with Crippen LogP contribution in [0.15, 0.2) is 30.3 Å². The van der Waals surface area contributed by atoms with Crippen LogP contribution in [0.1, 0.15) is 51.5 Å². The van der Waals surface area contributed by atoms with E-state index in [0.717, 1.165) is 52.0 Å². The lowest BCUT2D eigenvalue weighted by Crippen LogP contribution is -2.18. The number of hydrogen-bond donors (Lipinski definition) is 2. The third kappa shape index (κ3) is 15.5. The number of ether oxygens (including phenoxy) is 1. The molecule has 1 atom stereocenters. The van der Waals surface area contributed by atoms with Gasteiger partial charge in [-0.1, -0.05) is 50.1 Å². The molecule has 0 spiro atoms. The molecule has 1 rings (SSSR count).